The van der Waals surface area contributed by atoms with Crippen molar-refractivity contribution < 1.29 is 22.7 Å². The van der Waals surface area contributed by atoms with E-state index in [-0.39, 0.29) is 29.6 Å². The second-order valence-electron chi connectivity index (χ2n) is 6.85. The standard InChI is InChI=1S/C16H27NO5S/c18-15(7-12-23(19,20)14-3-1-2-4-14)17-8-5-13(6-9-17)16-21-10-11-22-16/h13-14,16H,1-12H2. The molecule has 0 atom stereocenters. The molecule has 132 valence electrons. The second kappa shape index (κ2) is 7.49. The molecule has 0 N–H and O–H groups in total. The van der Waals surface area contributed by atoms with Crippen molar-refractivity contribution in [3.63, 3.8) is 0 Å². The van der Waals surface area contributed by atoms with Crippen LogP contribution in [0, 0.1) is 5.92 Å². The van der Waals surface area contributed by atoms with Crippen LogP contribution >= 0.6 is 0 Å². The van der Waals surface area contributed by atoms with Crippen molar-refractivity contribution in [3.8, 4) is 0 Å². The number of sulfone groups is 1. The van der Waals surface area contributed by atoms with Crippen LogP contribution in [0.4, 0.5) is 0 Å². The Bertz CT molecular complexity index is 501. The molecule has 0 radical (unpaired) electrons. The normalized spacial score (nSPS) is 25.3. The van der Waals surface area contributed by atoms with E-state index in [0.29, 0.717) is 32.2 Å². The number of ether oxygens (including phenoxy) is 2. The Morgan fingerprint density at radius 2 is 1.61 bits per heavy atom. The monoisotopic (exact) mass is 345 g/mol. The fourth-order valence-electron chi connectivity index (χ4n) is 3.87. The molecule has 2 heterocycles. The molecule has 0 aromatic heterocycles. The van der Waals surface area contributed by atoms with Gasteiger partial charge in [-0.1, -0.05) is 12.8 Å². The first-order valence-corrected chi connectivity index (χ1v) is 10.5. The van der Waals surface area contributed by atoms with Crippen LogP contribution in [0.25, 0.3) is 0 Å². The van der Waals surface area contributed by atoms with Gasteiger partial charge in [0.1, 0.15) is 0 Å². The summed E-state index contributed by atoms with van der Waals surface area (Å²) in [5.74, 6) is 0.327. The molecule has 3 rings (SSSR count). The van der Waals surface area contributed by atoms with Gasteiger partial charge in [0.05, 0.1) is 24.2 Å². The van der Waals surface area contributed by atoms with Gasteiger partial charge in [-0.3, -0.25) is 4.79 Å². The number of nitrogens with zero attached hydrogens (tertiary/aromatic N) is 1. The van der Waals surface area contributed by atoms with Gasteiger partial charge in [-0.15, -0.1) is 0 Å². The van der Waals surface area contributed by atoms with Crippen molar-refractivity contribution >= 4 is 15.7 Å². The van der Waals surface area contributed by atoms with Gasteiger partial charge < -0.3 is 14.4 Å². The number of carbonyl (C=O) groups is 1. The zero-order valence-electron chi connectivity index (χ0n) is 13.6. The molecule has 1 amide bonds. The van der Waals surface area contributed by atoms with Gasteiger partial charge in [-0.05, 0) is 25.7 Å². The molecule has 0 bridgehead atoms. The van der Waals surface area contributed by atoms with Crippen LogP contribution in [-0.4, -0.2) is 62.8 Å². The molecule has 0 aromatic rings. The third-order valence-electron chi connectivity index (χ3n) is 5.34. The highest BCUT2D eigenvalue weighted by molar-refractivity contribution is 7.92. The van der Waals surface area contributed by atoms with E-state index in [0.717, 1.165) is 38.5 Å². The summed E-state index contributed by atoms with van der Waals surface area (Å²) in [6.45, 7) is 2.66. The molecule has 0 aromatic carbocycles. The Balaban J connectivity index is 1.42. The number of carbonyl (C=O) groups excluding carboxylic acids is 1. The molecule has 1 aliphatic carbocycles. The molecule has 3 aliphatic rings. The van der Waals surface area contributed by atoms with E-state index >= 15 is 0 Å². The maximum atomic E-state index is 12.3. The number of rotatable bonds is 5. The van der Waals surface area contributed by atoms with Crippen molar-refractivity contribution in [2.45, 2.75) is 56.5 Å². The highest BCUT2D eigenvalue weighted by Gasteiger charge is 2.33. The van der Waals surface area contributed by atoms with E-state index in [2.05, 4.69) is 0 Å². The van der Waals surface area contributed by atoms with Crippen LogP contribution in [0.15, 0.2) is 0 Å². The third-order valence-corrected chi connectivity index (χ3v) is 7.60. The maximum absolute atomic E-state index is 12.3. The van der Waals surface area contributed by atoms with Crippen LogP contribution in [0.2, 0.25) is 0 Å². The lowest BCUT2D eigenvalue weighted by atomic mass is 9.96. The van der Waals surface area contributed by atoms with E-state index < -0.39 is 9.84 Å². The summed E-state index contributed by atoms with van der Waals surface area (Å²) in [6, 6.07) is 0. The first-order valence-electron chi connectivity index (χ1n) is 8.79. The minimum atomic E-state index is -3.11. The van der Waals surface area contributed by atoms with Gasteiger partial charge in [-0.2, -0.15) is 0 Å². The first kappa shape index (κ1) is 17.2. The molecular formula is C16H27NO5S. The van der Waals surface area contributed by atoms with Crippen molar-refractivity contribution in [1.82, 2.24) is 4.90 Å². The third kappa shape index (κ3) is 4.25. The summed E-state index contributed by atoms with van der Waals surface area (Å²) in [6.07, 6.45) is 5.27. The molecular weight excluding hydrogens is 318 g/mol. The summed E-state index contributed by atoms with van der Waals surface area (Å²) in [4.78, 5) is 14.1. The van der Waals surface area contributed by atoms with Crippen LogP contribution in [-0.2, 0) is 24.1 Å². The predicted molar refractivity (Wildman–Crippen MR) is 85.7 cm³/mol. The molecule has 0 spiro atoms. The Labute approximate surface area is 138 Å². The molecule has 0 unspecified atom stereocenters. The van der Waals surface area contributed by atoms with Gasteiger partial charge in [0.15, 0.2) is 16.1 Å². The van der Waals surface area contributed by atoms with Crippen molar-refractivity contribution in [3.05, 3.63) is 0 Å². The molecule has 2 saturated heterocycles. The number of amides is 1. The van der Waals surface area contributed by atoms with Crippen LogP contribution < -0.4 is 0 Å². The smallest absolute Gasteiger partial charge is 0.223 e. The van der Waals surface area contributed by atoms with Crippen LogP contribution in [0.1, 0.15) is 44.9 Å². The van der Waals surface area contributed by atoms with E-state index in [1.165, 1.54) is 0 Å². The Morgan fingerprint density at radius 1 is 1.00 bits per heavy atom. The van der Waals surface area contributed by atoms with Crippen molar-refractivity contribution in [2.75, 3.05) is 32.1 Å². The number of likely N-dealkylation sites (tertiary alicyclic amines) is 1. The van der Waals surface area contributed by atoms with Gasteiger partial charge >= 0.3 is 0 Å². The molecule has 2 aliphatic heterocycles. The highest BCUT2D eigenvalue weighted by Crippen LogP contribution is 2.27. The molecule has 3 fully saturated rings. The molecule has 7 heteroatoms. The highest BCUT2D eigenvalue weighted by atomic mass is 32.2. The van der Waals surface area contributed by atoms with Gasteiger partial charge in [0.25, 0.3) is 0 Å². The predicted octanol–water partition coefficient (Wildman–Crippen LogP) is 1.35. The second-order valence-corrected chi connectivity index (χ2v) is 9.25. The lowest BCUT2D eigenvalue weighted by Crippen LogP contribution is -2.42. The molecule has 6 nitrogen and oxygen atoms in total. The Kier molecular flexibility index (Phi) is 5.59. The Hall–Kier alpha value is -0.660. The number of hydrogen-bond donors (Lipinski definition) is 0. The summed E-state index contributed by atoms with van der Waals surface area (Å²) in [5, 5.41) is -0.210. The van der Waals surface area contributed by atoms with Gasteiger partial charge in [-0.25, -0.2) is 8.42 Å². The van der Waals surface area contributed by atoms with Crippen molar-refractivity contribution in [1.29, 1.82) is 0 Å². The number of hydrogen-bond acceptors (Lipinski definition) is 5. The summed E-state index contributed by atoms with van der Waals surface area (Å²) < 4.78 is 35.5. The summed E-state index contributed by atoms with van der Waals surface area (Å²) in [5.41, 5.74) is 0. The lowest BCUT2D eigenvalue weighted by molar-refractivity contribution is -0.136. The summed E-state index contributed by atoms with van der Waals surface area (Å²) >= 11 is 0. The topological polar surface area (TPSA) is 72.9 Å². The average Bonchev–Trinajstić information content (AvgIpc) is 3.26. The maximum Gasteiger partial charge on any atom is 0.223 e. The molecule has 1 saturated carbocycles. The van der Waals surface area contributed by atoms with Crippen LogP contribution in [0.5, 0.6) is 0 Å². The van der Waals surface area contributed by atoms with Gasteiger partial charge in [0.2, 0.25) is 5.91 Å². The zero-order valence-corrected chi connectivity index (χ0v) is 14.4. The fraction of sp³-hybridized carbons (Fsp3) is 0.938. The van der Waals surface area contributed by atoms with E-state index in [9.17, 15) is 13.2 Å². The first-order chi connectivity index (χ1) is 11.1. The SMILES string of the molecule is O=C(CCS(=O)(=O)C1CCCC1)N1CCC(C2OCCO2)CC1. The number of piperidine rings is 1. The minimum Gasteiger partial charge on any atom is -0.350 e. The zero-order chi connectivity index (χ0) is 16.3. The minimum absolute atomic E-state index is 0.00523. The molecule has 23 heavy (non-hydrogen) atoms. The van der Waals surface area contributed by atoms with Crippen molar-refractivity contribution in [2.24, 2.45) is 5.92 Å². The van der Waals surface area contributed by atoms with Crippen LogP contribution in [0.3, 0.4) is 0 Å². The fourth-order valence-corrected chi connectivity index (χ4v) is 5.72. The lowest BCUT2D eigenvalue weighted by Gasteiger charge is -2.34. The Morgan fingerprint density at radius 3 is 2.22 bits per heavy atom. The largest absolute Gasteiger partial charge is 0.350 e. The average molecular weight is 345 g/mol. The van der Waals surface area contributed by atoms with E-state index in [1.807, 2.05) is 0 Å². The van der Waals surface area contributed by atoms with Gasteiger partial charge in [0, 0.05) is 25.4 Å². The summed E-state index contributed by atoms with van der Waals surface area (Å²) in [7, 11) is -3.11. The quantitative estimate of drug-likeness (QED) is 0.752. The van der Waals surface area contributed by atoms with E-state index in [4.69, 9.17) is 9.47 Å². The van der Waals surface area contributed by atoms with E-state index in [1.54, 1.807) is 4.90 Å².